The highest BCUT2D eigenvalue weighted by atomic mass is 35.5. The predicted octanol–water partition coefficient (Wildman–Crippen LogP) is 2.87. The van der Waals surface area contributed by atoms with Crippen LogP contribution >= 0.6 is 12.4 Å². The van der Waals surface area contributed by atoms with Gasteiger partial charge in [0.05, 0.1) is 0 Å². The SMILES string of the molecule is CC(C)(CCCc1ccccc1)C(=O)NCCCN1CCNCC1.Cl. The number of nitrogens with one attached hydrogen (secondary N) is 2. The van der Waals surface area contributed by atoms with Crippen LogP contribution in [0.15, 0.2) is 30.3 Å². The van der Waals surface area contributed by atoms with Gasteiger partial charge in [-0.3, -0.25) is 4.79 Å². The number of amides is 1. The van der Waals surface area contributed by atoms with Crippen LogP contribution in [-0.4, -0.2) is 50.1 Å². The molecule has 0 spiro atoms. The molecule has 0 saturated carbocycles. The first-order valence-corrected chi connectivity index (χ1v) is 9.33. The number of hydrogen-bond donors (Lipinski definition) is 2. The van der Waals surface area contributed by atoms with Crippen LogP contribution in [0.3, 0.4) is 0 Å². The van der Waals surface area contributed by atoms with Crippen molar-refractivity contribution in [2.75, 3.05) is 39.3 Å². The molecule has 0 aliphatic carbocycles. The van der Waals surface area contributed by atoms with Gasteiger partial charge in [0.15, 0.2) is 0 Å². The lowest BCUT2D eigenvalue weighted by atomic mass is 9.85. The van der Waals surface area contributed by atoms with Gasteiger partial charge in [-0.15, -0.1) is 12.4 Å². The van der Waals surface area contributed by atoms with Gasteiger partial charge >= 0.3 is 0 Å². The Balaban J connectivity index is 0.00000312. The number of halogens is 1. The number of carbonyl (C=O) groups excluding carboxylic acids is 1. The van der Waals surface area contributed by atoms with E-state index in [0.717, 1.165) is 65.0 Å². The van der Waals surface area contributed by atoms with E-state index in [1.807, 2.05) is 6.07 Å². The van der Waals surface area contributed by atoms with Crippen molar-refractivity contribution in [2.24, 2.45) is 5.41 Å². The second-order valence-corrected chi connectivity index (χ2v) is 7.42. The molecule has 5 heteroatoms. The quantitative estimate of drug-likeness (QED) is 0.659. The van der Waals surface area contributed by atoms with Crippen molar-refractivity contribution in [1.29, 1.82) is 0 Å². The summed E-state index contributed by atoms with van der Waals surface area (Å²) in [6, 6.07) is 10.5. The van der Waals surface area contributed by atoms with E-state index in [2.05, 4.69) is 53.6 Å². The van der Waals surface area contributed by atoms with Crippen LogP contribution in [0.4, 0.5) is 0 Å². The first-order valence-electron chi connectivity index (χ1n) is 9.33. The van der Waals surface area contributed by atoms with Gasteiger partial charge in [0.1, 0.15) is 0 Å². The Kier molecular flexibility index (Phi) is 10.1. The van der Waals surface area contributed by atoms with Gasteiger partial charge in [-0.1, -0.05) is 44.2 Å². The molecule has 142 valence electrons. The molecule has 1 fully saturated rings. The fourth-order valence-electron chi connectivity index (χ4n) is 3.17. The smallest absolute Gasteiger partial charge is 0.225 e. The molecular formula is C20H34ClN3O. The van der Waals surface area contributed by atoms with Crippen LogP contribution < -0.4 is 10.6 Å². The fraction of sp³-hybridized carbons (Fsp3) is 0.650. The molecule has 2 N–H and O–H groups in total. The Labute approximate surface area is 159 Å². The van der Waals surface area contributed by atoms with Crippen LogP contribution in [0.5, 0.6) is 0 Å². The van der Waals surface area contributed by atoms with Gasteiger partial charge in [0.2, 0.25) is 5.91 Å². The zero-order valence-electron chi connectivity index (χ0n) is 15.7. The topological polar surface area (TPSA) is 44.4 Å². The summed E-state index contributed by atoms with van der Waals surface area (Å²) in [5.41, 5.74) is 1.06. The van der Waals surface area contributed by atoms with Gasteiger partial charge in [0, 0.05) is 38.1 Å². The predicted molar refractivity (Wildman–Crippen MR) is 107 cm³/mol. The summed E-state index contributed by atoms with van der Waals surface area (Å²) in [5, 5.41) is 6.49. The Morgan fingerprint density at radius 3 is 2.52 bits per heavy atom. The maximum Gasteiger partial charge on any atom is 0.225 e. The zero-order chi connectivity index (χ0) is 17.3. The van der Waals surface area contributed by atoms with E-state index in [9.17, 15) is 4.79 Å². The number of hydrogen-bond acceptors (Lipinski definition) is 3. The van der Waals surface area contributed by atoms with Crippen molar-refractivity contribution in [3.8, 4) is 0 Å². The molecule has 1 saturated heterocycles. The first-order chi connectivity index (χ1) is 11.6. The summed E-state index contributed by atoms with van der Waals surface area (Å²) in [6.45, 7) is 10.4. The number of carbonyl (C=O) groups is 1. The lowest BCUT2D eigenvalue weighted by Crippen LogP contribution is -2.44. The molecular weight excluding hydrogens is 334 g/mol. The third-order valence-corrected chi connectivity index (χ3v) is 4.87. The van der Waals surface area contributed by atoms with Crippen LogP contribution in [0, 0.1) is 5.41 Å². The minimum atomic E-state index is -0.288. The summed E-state index contributed by atoms with van der Waals surface area (Å²) in [5.74, 6) is 0.191. The fourth-order valence-corrected chi connectivity index (χ4v) is 3.17. The lowest BCUT2D eigenvalue weighted by Gasteiger charge is -2.27. The number of benzene rings is 1. The van der Waals surface area contributed by atoms with Crippen LogP contribution in [0.25, 0.3) is 0 Å². The molecule has 1 heterocycles. The first kappa shape index (κ1) is 21.9. The molecule has 1 aromatic carbocycles. The molecule has 1 aliphatic heterocycles. The molecule has 1 aromatic rings. The minimum Gasteiger partial charge on any atom is -0.356 e. The maximum atomic E-state index is 12.4. The van der Waals surface area contributed by atoms with Gasteiger partial charge in [-0.2, -0.15) is 0 Å². The molecule has 0 bridgehead atoms. The van der Waals surface area contributed by atoms with E-state index in [-0.39, 0.29) is 23.7 Å². The molecule has 4 nitrogen and oxygen atoms in total. The second kappa shape index (κ2) is 11.5. The van der Waals surface area contributed by atoms with Crippen molar-refractivity contribution in [2.45, 2.75) is 39.5 Å². The Morgan fingerprint density at radius 1 is 1.16 bits per heavy atom. The van der Waals surface area contributed by atoms with Gasteiger partial charge in [-0.25, -0.2) is 0 Å². The average Bonchev–Trinajstić information content (AvgIpc) is 2.60. The maximum absolute atomic E-state index is 12.4. The molecule has 1 aliphatic rings. The molecule has 0 atom stereocenters. The van der Waals surface area contributed by atoms with E-state index in [4.69, 9.17) is 0 Å². The van der Waals surface area contributed by atoms with Crippen LogP contribution in [-0.2, 0) is 11.2 Å². The van der Waals surface area contributed by atoms with Gasteiger partial charge in [0.25, 0.3) is 0 Å². The van der Waals surface area contributed by atoms with E-state index in [0.29, 0.717) is 0 Å². The summed E-state index contributed by atoms with van der Waals surface area (Å²) in [4.78, 5) is 14.9. The molecule has 2 rings (SSSR count). The molecule has 0 aromatic heterocycles. The van der Waals surface area contributed by atoms with Crippen LogP contribution in [0.2, 0.25) is 0 Å². The van der Waals surface area contributed by atoms with Crippen molar-refractivity contribution in [3.63, 3.8) is 0 Å². The third-order valence-electron chi connectivity index (χ3n) is 4.87. The highest BCUT2D eigenvalue weighted by molar-refractivity contribution is 5.85. The molecule has 0 radical (unpaired) electrons. The molecule has 25 heavy (non-hydrogen) atoms. The summed E-state index contributed by atoms with van der Waals surface area (Å²) in [7, 11) is 0. The van der Waals surface area contributed by atoms with Crippen molar-refractivity contribution in [3.05, 3.63) is 35.9 Å². The second-order valence-electron chi connectivity index (χ2n) is 7.42. The van der Waals surface area contributed by atoms with Gasteiger partial charge < -0.3 is 15.5 Å². The Bertz CT molecular complexity index is 487. The average molecular weight is 368 g/mol. The van der Waals surface area contributed by atoms with Crippen molar-refractivity contribution in [1.82, 2.24) is 15.5 Å². The number of rotatable bonds is 9. The standard InChI is InChI=1S/C20H33N3O.ClH/c1-20(2,11-6-10-18-8-4-3-5-9-18)19(24)22-12-7-15-23-16-13-21-14-17-23;/h3-5,8-9,21H,6-7,10-17H2,1-2H3,(H,22,24);1H. The van der Waals surface area contributed by atoms with Crippen molar-refractivity contribution >= 4 is 18.3 Å². The highest BCUT2D eigenvalue weighted by Gasteiger charge is 2.26. The van der Waals surface area contributed by atoms with E-state index in [1.165, 1.54) is 5.56 Å². The van der Waals surface area contributed by atoms with Gasteiger partial charge in [-0.05, 0) is 37.8 Å². The zero-order valence-corrected chi connectivity index (χ0v) is 16.5. The Hall–Kier alpha value is -1.10. The van der Waals surface area contributed by atoms with E-state index in [1.54, 1.807) is 0 Å². The Morgan fingerprint density at radius 2 is 1.84 bits per heavy atom. The summed E-state index contributed by atoms with van der Waals surface area (Å²) < 4.78 is 0. The third kappa shape index (κ3) is 8.21. The number of piperazine rings is 1. The monoisotopic (exact) mass is 367 g/mol. The highest BCUT2D eigenvalue weighted by Crippen LogP contribution is 2.23. The van der Waals surface area contributed by atoms with E-state index >= 15 is 0 Å². The molecule has 1 amide bonds. The number of aryl methyl sites for hydroxylation is 1. The largest absolute Gasteiger partial charge is 0.356 e. The summed E-state index contributed by atoms with van der Waals surface area (Å²) in [6.07, 6.45) is 4.04. The van der Waals surface area contributed by atoms with Crippen LogP contribution in [0.1, 0.15) is 38.7 Å². The number of nitrogens with zero attached hydrogens (tertiary/aromatic N) is 1. The summed E-state index contributed by atoms with van der Waals surface area (Å²) >= 11 is 0. The van der Waals surface area contributed by atoms with E-state index < -0.39 is 0 Å². The minimum absolute atomic E-state index is 0. The normalized spacial score (nSPS) is 15.4. The molecule has 0 unspecified atom stereocenters. The van der Waals surface area contributed by atoms with Crippen molar-refractivity contribution < 1.29 is 4.79 Å². The lowest BCUT2D eigenvalue weighted by molar-refractivity contribution is -0.129.